The second-order valence-corrected chi connectivity index (χ2v) is 9.61. The van der Waals surface area contributed by atoms with Crippen LogP contribution in [0, 0.1) is 6.92 Å². The summed E-state index contributed by atoms with van der Waals surface area (Å²) in [5.41, 5.74) is 2.21. The zero-order chi connectivity index (χ0) is 21.4. The first kappa shape index (κ1) is 21.0. The molecule has 2 N–H and O–H groups in total. The van der Waals surface area contributed by atoms with E-state index in [2.05, 4.69) is 21.2 Å². The van der Waals surface area contributed by atoms with E-state index in [4.69, 9.17) is 4.74 Å². The summed E-state index contributed by atoms with van der Waals surface area (Å²) in [6.07, 6.45) is -1.32. The van der Waals surface area contributed by atoms with Crippen LogP contribution in [0.1, 0.15) is 15.2 Å². The Balaban J connectivity index is 1.50. The standard InChI is InChI=1S/C20H20BrN3O5S/c1-11-8-12(2-3-14(11)23-6-7-29-10-17(23)25)24-9-13(18(26)20(24)28)22-19(27)15-4-5-16(21)30-15/h2-5,8,13,18,26H,6-7,9-10H2,1H3,(H,22,27)/t13-,18+/m0/s1. The molecule has 2 saturated heterocycles. The van der Waals surface area contributed by atoms with Gasteiger partial charge in [0.15, 0.2) is 6.10 Å². The molecular formula is C20H20BrN3O5S. The van der Waals surface area contributed by atoms with E-state index in [1.165, 1.54) is 16.2 Å². The lowest BCUT2D eigenvalue weighted by atomic mass is 10.1. The van der Waals surface area contributed by atoms with Crippen LogP contribution in [0.5, 0.6) is 0 Å². The lowest BCUT2D eigenvalue weighted by Crippen LogP contribution is -2.43. The number of amides is 3. The fraction of sp³-hybridized carbons (Fsp3) is 0.350. The number of thiophene rings is 1. The highest BCUT2D eigenvalue weighted by molar-refractivity contribution is 9.11. The molecule has 1 aromatic heterocycles. The Morgan fingerprint density at radius 1 is 1.27 bits per heavy atom. The van der Waals surface area contributed by atoms with Crippen LogP contribution in [0.2, 0.25) is 0 Å². The molecule has 0 spiro atoms. The van der Waals surface area contributed by atoms with Crippen LogP contribution in [-0.4, -0.2) is 61.3 Å². The summed E-state index contributed by atoms with van der Waals surface area (Å²) in [7, 11) is 0. The van der Waals surface area contributed by atoms with Crippen molar-refractivity contribution in [3.63, 3.8) is 0 Å². The molecule has 0 radical (unpaired) electrons. The highest BCUT2D eigenvalue weighted by atomic mass is 79.9. The van der Waals surface area contributed by atoms with Gasteiger partial charge in [0.1, 0.15) is 6.61 Å². The van der Waals surface area contributed by atoms with Gasteiger partial charge in [-0.05, 0) is 58.7 Å². The van der Waals surface area contributed by atoms with Gasteiger partial charge in [-0.1, -0.05) is 0 Å². The molecular weight excluding hydrogens is 474 g/mol. The van der Waals surface area contributed by atoms with Crippen molar-refractivity contribution in [2.24, 2.45) is 0 Å². The Morgan fingerprint density at radius 2 is 2.07 bits per heavy atom. The number of carbonyl (C=O) groups is 3. The van der Waals surface area contributed by atoms with Crippen molar-refractivity contribution in [2.75, 3.05) is 36.1 Å². The third-order valence-electron chi connectivity index (χ3n) is 5.16. The van der Waals surface area contributed by atoms with Crippen LogP contribution in [0.25, 0.3) is 0 Å². The number of halogens is 1. The summed E-state index contributed by atoms with van der Waals surface area (Å²) in [6, 6.07) is 8.08. The third-order valence-corrected chi connectivity index (χ3v) is 6.78. The summed E-state index contributed by atoms with van der Waals surface area (Å²) in [6.45, 7) is 3.04. The van der Waals surface area contributed by atoms with Crippen LogP contribution in [-0.2, 0) is 14.3 Å². The Hall–Kier alpha value is -2.27. The van der Waals surface area contributed by atoms with Gasteiger partial charge in [-0.3, -0.25) is 14.4 Å². The summed E-state index contributed by atoms with van der Waals surface area (Å²) < 4.78 is 6.00. The van der Waals surface area contributed by atoms with E-state index >= 15 is 0 Å². The number of benzene rings is 1. The van der Waals surface area contributed by atoms with E-state index in [1.54, 1.807) is 29.2 Å². The zero-order valence-electron chi connectivity index (χ0n) is 16.1. The van der Waals surface area contributed by atoms with Crippen molar-refractivity contribution in [2.45, 2.75) is 19.1 Å². The molecule has 2 atom stereocenters. The van der Waals surface area contributed by atoms with Crippen molar-refractivity contribution in [1.29, 1.82) is 0 Å². The van der Waals surface area contributed by atoms with Gasteiger partial charge < -0.3 is 25.0 Å². The van der Waals surface area contributed by atoms with E-state index in [-0.39, 0.29) is 25.0 Å². The van der Waals surface area contributed by atoms with Crippen LogP contribution < -0.4 is 15.1 Å². The fourth-order valence-corrected chi connectivity index (χ4v) is 4.92. The number of carbonyl (C=O) groups excluding carboxylic acids is 3. The minimum absolute atomic E-state index is 0.0557. The molecule has 4 rings (SSSR count). The van der Waals surface area contributed by atoms with Crippen molar-refractivity contribution in [1.82, 2.24) is 5.32 Å². The van der Waals surface area contributed by atoms with Crippen LogP contribution >= 0.6 is 27.3 Å². The molecule has 158 valence electrons. The van der Waals surface area contributed by atoms with Gasteiger partial charge in [0.2, 0.25) is 0 Å². The Kier molecular flexibility index (Phi) is 5.92. The number of hydrogen-bond acceptors (Lipinski definition) is 6. The molecule has 0 bridgehead atoms. The number of aryl methyl sites for hydroxylation is 1. The van der Waals surface area contributed by atoms with E-state index in [0.717, 1.165) is 15.0 Å². The first-order valence-electron chi connectivity index (χ1n) is 9.39. The summed E-state index contributed by atoms with van der Waals surface area (Å²) in [5, 5.41) is 13.1. The molecule has 2 fully saturated rings. The average Bonchev–Trinajstić information content (AvgIpc) is 3.27. The summed E-state index contributed by atoms with van der Waals surface area (Å²) in [4.78, 5) is 40.8. The average molecular weight is 494 g/mol. The number of nitrogens with zero attached hydrogens (tertiary/aromatic N) is 2. The molecule has 0 aliphatic carbocycles. The SMILES string of the molecule is Cc1cc(N2C[C@H](NC(=O)c3ccc(Br)s3)[C@@H](O)C2=O)ccc1N1CCOCC1=O. The number of rotatable bonds is 4. The van der Waals surface area contributed by atoms with Gasteiger partial charge in [0, 0.05) is 24.5 Å². The molecule has 3 heterocycles. The maximum atomic E-state index is 12.6. The van der Waals surface area contributed by atoms with Crippen molar-refractivity contribution < 1.29 is 24.2 Å². The van der Waals surface area contributed by atoms with Gasteiger partial charge in [-0.25, -0.2) is 0 Å². The van der Waals surface area contributed by atoms with E-state index in [1.807, 2.05) is 13.0 Å². The van der Waals surface area contributed by atoms with E-state index in [9.17, 15) is 19.5 Å². The lowest BCUT2D eigenvalue weighted by Gasteiger charge is -2.29. The predicted octanol–water partition coefficient (Wildman–Crippen LogP) is 1.69. The molecule has 2 aromatic rings. The molecule has 2 aliphatic heterocycles. The molecule has 8 nitrogen and oxygen atoms in total. The molecule has 0 saturated carbocycles. The zero-order valence-corrected chi connectivity index (χ0v) is 18.5. The molecule has 1 aromatic carbocycles. The number of morpholine rings is 1. The Morgan fingerprint density at radius 3 is 2.73 bits per heavy atom. The number of anilines is 2. The smallest absolute Gasteiger partial charge is 0.261 e. The normalized spacial score (nSPS) is 22.0. The molecule has 3 amide bonds. The van der Waals surface area contributed by atoms with Gasteiger partial charge >= 0.3 is 0 Å². The summed E-state index contributed by atoms with van der Waals surface area (Å²) >= 11 is 4.59. The van der Waals surface area contributed by atoms with Gasteiger partial charge in [0.05, 0.1) is 21.3 Å². The number of aliphatic hydroxyl groups is 1. The van der Waals surface area contributed by atoms with Crippen molar-refractivity contribution in [3.8, 4) is 0 Å². The quantitative estimate of drug-likeness (QED) is 0.674. The Labute approximate surface area is 185 Å². The Bertz CT molecular complexity index is 1010. The number of aliphatic hydroxyl groups excluding tert-OH is 1. The highest BCUT2D eigenvalue weighted by Crippen LogP contribution is 2.30. The van der Waals surface area contributed by atoms with E-state index in [0.29, 0.717) is 23.7 Å². The number of nitrogens with one attached hydrogen (secondary N) is 1. The summed E-state index contributed by atoms with van der Waals surface area (Å²) in [5.74, 6) is -0.906. The van der Waals surface area contributed by atoms with Gasteiger partial charge in [-0.2, -0.15) is 0 Å². The molecule has 10 heteroatoms. The third kappa shape index (κ3) is 4.00. The molecule has 2 aliphatic rings. The topological polar surface area (TPSA) is 99.2 Å². The van der Waals surface area contributed by atoms with E-state index < -0.39 is 18.1 Å². The molecule has 30 heavy (non-hydrogen) atoms. The minimum Gasteiger partial charge on any atom is -0.381 e. The lowest BCUT2D eigenvalue weighted by molar-refractivity contribution is -0.126. The van der Waals surface area contributed by atoms with Crippen molar-refractivity contribution >= 4 is 56.4 Å². The number of hydrogen-bond donors (Lipinski definition) is 2. The first-order valence-corrected chi connectivity index (χ1v) is 11.0. The second kappa shape index (κ2) is 8.46. The first-order chi connectivity index (χ1) is 14.3. The van der Waals surface area contributed by atoms with Crippen LogP contribution in [0.3, 0.4) is 0 Å². The molecule has 0 unspecified atom stereocenters. The monoisotopic (exact) mass is 493 g/mol. The van der Waals surface area contributed by atoms with Crippen LogP contribution in [0.15, 0.2) is 34.1 Å². The largest absolute Gasteiger partial charge is 0.381 e. The maximum Gasteiger partial charge on any atom is 0.261 e. The number of ether oxygens (including phenoxy) is 1. The second-order valence-electron chi connectivity index (χ2n) is 7.15. The van der Waals surface area contributed by atoms with Crippen LogP contribution in [0.4, 0.5) is 11.4 Å². The minimum atomic E-state index is -1.32. The van der Waals surface area contributed by atoms with Gasteiger partial charge in [-0.15, -0.1) is 11.3 Å². The fourth-order valence-electron chi connectivity index (χ4n) is 3.63. The van der Waals surface area contributed by atoms with Gasteiger partial charge in [0.25, 0.3) is 17.7 Å². The predicted molar refractivity (Wildman–Crippen MR) is 116 cm³/mol. The van der Waals surface area contributed by atoms with Crippen molar-refractivity contribution in [3.05, 3.63) is 44.6 Å². The maximum absolute atomic E-state index is 12.6. The highest BCUT2D eigenvalue weighted by Gasteiger charge is 2.41.